The van der Waals surface area contributed by atoms with Crippen molar-refractivity contribution in [2.24, 2.45) is 5.92 Å². The van der Waals surface area contributed by atoms with E-state index in [0.29, 0.717) is 17.7 Å². The van der Waals surface area contributed by atoms with Gasteiger partial charge >= 0.3 is 0 Å². The van der Waals surface area contributed by atoms with Crippen molar-refractivity contribution in [2.75, 3.05) is 13.7 Å². The normalized spacial score (nSPS) is 12.6. The maximum absolute atomic E-state index is 13.4. The number of aliphatic hydroxyl groups excluding tert-OH is 1. The molecule has 0 aliphatic rings. The number of aliphatic hydroxyl groups is 1. The Hall–Kier alpha value is -1.09. The van der Waals surface area contributed by atoms with E-state index >= 15 is 0 Å². The van der Waals surface area contributed by atoms with Crippen molar-refractivity contribution in [3.05, 3.63) is 29.6 Å². The first kappa shape index (κ1) is 11.0. The number of rotatable bonds is 4. The molecule has 0 spiro atoms. The van der Waals surface area contributed by atoms with E-state index in [1.807, 2.05) is 6.92 Å². The SMILES string of the molecule is COc1ccc(CC(C)CO)c(F)c1. The van der Waals surface area contributed by atoms with Crippen LogP contribution in [0, 0.1) is 11.7 Å². The summed E-state index contributed by atoms with van der Waals surface area (Å²) in [6, 6.07) is 4.78. The third kappa shape index (κ3) is 2.70. The Balaban J connectivity index is 2.78. The zero-order valence-electron chi connectivity index (χ0n) is 8.46. The second-order valence-electron chi connectivity index (χ2n) is 3.45. The van der Waals surface area contributed by atoms with E-state index in [9.17, 15) is 4.39 Å². The minimum atomic E-state index is -0.273. The fraction of sp³-hybridized carbons (Fsp3) is 0.455. The third-order valence-electron chi connectivity index (χ3n) is 2.14. The van der Waals surface area contributed by atoms with E-state index in [2.05, 4.69) is 0 Å². The van der Waals surface area contributed by atoms with Crippen LogP contribution in [0.1, 0.15) is 12.5 Å². The van der Waals surface area contributed by atoms with Gasteiger partial charge in [-0.25, -0.2) is 4.39 Å². The molecule has 3 heteroatoms. The lowest BCUT2D eigenvalue weighted by atomic mass is 10.0. The smallest absolute Gasteiger partial charge is 0.130 e. The molecule has 0 fully saturated rings. The summed E-state index contributed by atoms with van der Waals surface area (Å²) >= 11 is 0. The van der Waals surface area contributed by atoms with Crippen molar-refractivity contribution in [1.29, 1.82) is 0 Å². The molecule has 0 aromatic heterocycles. The van der Waals surface area contributed by atoms with Crippen LogP contribution in [0.2, 0.25) is 0 Å². The Morgan fingerprint density at radius 1 is 1.50 bits per heavy atom. The standard InChI is InChI=1S/C11H15FO2/c1-8(7-13)5-9-3-4-10(14-2)6-11(9)12/h3-4,6,8,13H,5,7H2,1-2H3. The Morgan fingerprint density at radius 3 is 2.71 bits per heavy atom. The topological polar surface area (TPSA) is 29.5 Å². The van der Waals surface area contributed by atoms with E-state index in [4.69, 9.17) is 9.84 Å². The fourth-order valence-electron chi connectivity index (χ4n) is 1.26. The molecule has 0 aliphatic heterocycles. The number of hydrogen-bond donors (Lipinski definition) is 1. The van der Waals surface area contributed by atoms with Gasteiger partial charge in [-0.3, -0.25) is 0 Å². The summed E-state index contributed by atoms with van der Waals surface area (Å²) in [6.07, 6.45) is 0.548. The van der Waals surface area contributed by atoms with Crippen LogP contribution in [0.4, 0.5) is 4.39 Å². The van der Waals surface area contributed by atoms with Crippen LogP contribution in [0.5, 0.6) is 5.75 Å². The average molecular weight is 198 g/mol. The summed E-state index contributed by atoms with van der Waals surface area (Å²) < 4.78 is 18.3. The first-order valence-electron chi connectivity index (χ1n) is 4.60. The summed E-state index contributed by atoms with van der Waals surface area (Å²) in [7, 11) is 1.50. The lowest BCUT2D eigenvalue weighted by molar-refractivity contribution is 0.236. The van der Waals surface area contributed by atoms with Gasteiger partial charge in [0.1, 0.15) is 11.6 Å². The van der Waals surface area contributed by atoms with Crippen LogP contribution < -0.4 is 4.74 Å². The van der Waals surface area contributed by atoms with E-state index in [0.717, 1.165) is 0 Å². The highest BCUT2D eigenvalue weighted by Crippen LogP contribution is 2.18. The Labute approximate surface area is 83.3 Å². The maximum atomic E-state index is 13.4. The maximum Gasteiger partial charge on any atom is 0.130 e. The Bertz CT molecular complexity index is 299. The molecule has 1 aromatic rings. The Morgan fingerprint density at radius 2 is 2.21 bits per heavy atom. The number of ether oxygens (including phenoxy) is 1. The minimum absolute atomic E-state index is 0.0749. The number of benzene rings is 1. The first-order chi connectivity index (χ1) is 6.67. The average Bonchev–Trinajstić information content (AvgIpc) is 2.20. The second-order valence-corrected chi connectivity index (χ2v) is 3.45. The van der Waals surface area contributed by atoms with Crippen molar-refractivity contribution < 1.29 is 14.2 Å². The van der Waals surface area contributed by atoms with Crippen LogP contribution in [0.25, 0.3) is 0 Å². The molecule has 2 nitrogen and oxygen atoms in total. The zero-order chi connectivity index (χ0) is 10.6. The molecule has 1 atom stereocenters. The van der Waals surface area contributed by atoms with Gasteiger partial charge in [0.05, 0.1) is 7.11 Å². The molecule has 0 radical (unpaired) electrons. The predicted octanol–water partition coefficient (Wildman–Crippen LogP) is 2.01. The molecule has 0 saturated heterocycles. The second kappa shape index (κ2) is 4.96. The molecule has 14 heavy (non-hydrogen) atoms. The fourth-order valence-corrected chi connectivity index (χ4v) is 1.26. The van der Waals surface area contributed by atoms with Crippen LogP contribution in [-0.2, 0) is 6.42 Å². The lowest BCUT2D eigenvalue weighted by Gasteiger charge is -2.09. The van der Waals surface area contributed by atoms with Crippen molar-refractivity contribution in [1.82, 2.24) is 0 Å². The largest absolute Gasteiger partial charge is 0.497 e. The van der Waals surface area contributed by atoms with Crippen LogP contribution in [-0.4, -0.2) is 18.8 Å². The summed E-state index contributed by atoms with van der Waals surface area (Å²) in [6.45, 7) is 1.95. The van der Waals surface area contributed by atoms with Gasteiger partial charge in [0.25, 0.3) is 0 Å². The molecule has 0 amide bonds. The summed E-state index contributed by atoms with van der Waals surface area (Å²) in [5.74, 6) is 0.324. The summed E-state index contributed by atoms with van der Waals surface area (Å²) in [5.41, 5.74) is 0.618. The molecule has 0 saturated carbocycles. The molecule has 1 unspecified atom stereocenters. The highest BCUT2D eigenvalue weighted by molar-refractivity contribution is 5.29. The quantitative estimate of drug-likeness (QED) is 0.801. The first-order valence-corrected chi connectivity index (χ1v) is 4.60. The van der Waals surface area contributed by atoms with Crippen molar-refractivity contribution >= 4 is 0 Å². The summed E-state index contributed by atoms with van der Waals surface area (Å²) in [5, 5.41) is 8.84. The molecule has 1 rings (SSSR count). The van der Waals surface area contributed by atoms with Gasteiger partial charge in [-0.1, -0.05) is 13.0 Å². The van der Waals surface area contributed by atoms with Gasteiger partial charge in [0.2, 0.25) is 0 Å². The van der Waals surface area contributed by atoms with Crippen molar-refractivity contribution in [3.8, 4) is 5.75 Å². The van der Waals surface area contributed by atoms with E-state index in [-0.39, 0.29) is 18.3 Å². The van der Waals surface area contributed by atoms with E-state index in [1.165, 1.54) is 13.2 Å². The van der Waals surface area contributed by atoms with Gasteiger partial charge in [0.15, 0.2) is 0 Å². The van der Waals surface area contributed by atoms with Crippen LogP contribution in [0.15, 0.2) is 18.2 Å². The highest BCUT2D eigenvalue weighted by Gasteiger charge is 2.07. The number of methoxy groups -OCH3 is 1. The van der Waals surface area contributed by atoms with Gasteiger partial charge in [-0.2, -0.15) is 0 Å². The number of hydrogen-bond acceptors (Lipinski definition) is 2. The van der Waals surface area contributed by atoms with Gasteiger partial charge in [0, 0.05) is 12.7 Å². The lowest BCUT2D eigenvalue weighted by Crippen LogP contribution is -2.06. The summed E-state index contributed by atoms with van der Waals surface area (Å²) in [4.78, 5) is 0. The predicted molar refractivity (Wildman–Crippen MR) is 52.9 cm³/mol. The Kier molecular flexibility index (Phi) is 3.89. The van der Waals surface area contributed by atoms with Gasteiger partial charge in [-0.05, 0) is 24.0 Å². The van der Waals surface area contributed by atoms with Gasteiger partial charge < -0.3 is 9.84 Å². The molecular weight excluding hydrogens is 183 g/mol. The third-order valence-corrected chi connectivity index (χ3v) is 2.14. The molecular formula is C11H15FO2. The van der Waals surface area contributed by atoms with E-state index in [1.54, 1.807) is 12.1 Å². The molecule has 0 heterocycles. The van der Waals surface area contributed by atoms with Crippen molar-refractivity contribution in [3.63, 3.8) is 0 Å². The monoisotopic (exact) mass is 198 g/mol. The van der Waals surface area contributed by atoms with Gasteiger partial charge in [-0.15, -0.1) is 0 Å². The molecule has 0 aliphatic carbocycles. The van der Waals surface area contributed by atoms with E-state index < -0.39 is 0 Å². The molecule has 0 bridgehead atoms. The minimum Gasteiger partial charge on any atom is -0.497 e. The van der Waals surface area contributed by atoms with Crippen molar-refractivity contribution in [2.45, 2.75) is 13.3 Å². The zero-order valence-corrected chi connectivity index (χ0v) is 8.46. The molecule has 1 N–H and O–H groups in total. The van der Waals surface area contributed by atoms with Crippen LogP contribution >= 0.6 is 0 Å². The highest BCUT2D eigenvalue weighted by atomic mass is 19.1. The molecule has 1 aromatic carbocycles. The van der Waals surface area contributed by atoms with Crippen LogP contribution in [0.3, 0.4) is 0 Å². The number of halogens is 1. The molecule has 78 valence electrons.